The summed E-state index contributed by atoms with van der Waals surface area (Å²) in [6, 6.07) is 6.14. The van der Waals surface area contributed by atoms with Crippen LogP contribution in [0.4, 0.5) is 0 Å². The fourth-order valence-electron chi connectivity index (χ4n) is 2.77. The van der Waals surface area contributed by atoms with Crippen molar-refractivity contribution in [2.45, 2.75) is 71.1 Å². The zero-order valence-corrected chi connectivity index (χ0v) is 14.9. The maximum Gasteiger partial charge on any atom is 0.120 e. The first kappa shape index (κ1) is 17.3. The Kier molecular flexibility index (Phi) is 7.72. The summed E-state index contributed by atoms with van der Waals surface area (Å²) in [5.41, 5.74) is 1.11. The van der Waals surface area contributed by atoms with Crippen molar-refractivity contribution < 1.29 is 4.74 Å². The Hall–Kier alpha value is -1.09. The first-order chi connectivity index (χ1) is 10.8. The average Bonchev–Trinajstić information content (AvgIpc) is 2.95. The lowest BCUT2D eigenvalue weighted by Gasteiger charge is -2.01. The number of aromatic nitrogens is 1. The number of methoxy groups -OCH3 is 1. The molecule has 1 heterocycles. The molecule has 22 heavy (non-hydrogen) atoms. The molecule has 0 radical (unpaired) electrons. The Morgan fingerprint density at radius 3 is 2.32 bits per heavy atom. The summed E-state index contributed by atoms with van der Waals surface area (Å²) in [7, 11) is 1.71. The number of benzene rings is 1. The van der Waals surface area contributed by atoms with Gasteiger partial charge in [-0.15, -0.1) is 11.3 Å². The lowest BCUT2D eigenvalue weighted by Crippen LogP contribution is -1.85. The highest BCUT2D eigenvalue weighted by molar-refractivity contribution is 7.18. The summed E-state index contributed by atoms with van der Waals surface area (Å²) in [6.45, 7) is 2.28. The number of hydrogen-bond donors (Lipinski definition) is 0. The van der Waals surface area contributed by atoms with E-state index in [0.29, 0.717) is 0 Å². The molecule has 0 amide bonds. The van der Waals surface area contributed by atoms with Gasteiger partial charge in [-0.2, -0.15) is 0 Å². The number of ether oxygens (including phenoxy) is 1. The minimum absolute atomic E-state index is 0.922. The van der Waals surface area contributed by atoms with Crippen LogP contribution in [-0.2, 0) is 6.42 Å². The second kappa shape index (κ2) is 9.83. The van der Waals surface area contributed by atoms with Crippen molar-refractivity contribution in [2.75, 3.05) is 7.11 Å². The maximum atomic E-state index is 5.27. The van der Waals surface area contributed by atoms with Gasteiger partial charge in [0.15, 0.2) is 0 Å². The smallest absolute Gasteiger partial charge is 0.120 e. The van der Waals surface area contributed by atoms with Gasteiger partial charge in [-0.05, 0) is 31.0 Å². The minimum Gasteiger partial charge on any atom is -0.497 e. The van der Waals surface area contributed by atoms with Gasteiger partial charge < -0.3 is 4.74 Å². The normalized spacial score (nSPS) is 11.2. The Balaban J connectivity index is 1.63. The topological polar surface area (TPSA) is 22.1 Å². The standard InChI is InChI=1S/C19H29NOS/c1-3-4-5-6-7-8-9-10-11-12-19-20-17-14-13-16(21-2)15-18(17)22-19/h13-15H,3-12H2,1-2H3. The number of thiazole rings is 1. The van der Waals surface area contributed by atoms with Gasteiger partial charge in [0.05, 0.1) is 22.3 Å². The van der Waals surface area contributed by atoms with Gasteiger partial charge in [0.1, 0.15) is 5.75 Å². The second-order valence-corrected chi connectivity index (χ2v) is 7.13. The zero-order valence-electron chi connectivity index (χ0n) is 14.1. The van der Waals surface area contributed by atoms with Crippen LogP contribution in [0.5, 0.6) is 5.75 Å². The van der Waals surface area contributed by atoms with Crippen LogP contribution in [0.25, 0.3) is 10.2 Å². The van der Waals surface area contributed by atoms with E-state index >= 15 is 0 Å². The van der Waals surface area contributed by atoms with E-state index in [9.17, 15) is 0 Å². The van der Waals surface area contributed by atoms with Crippen molar-refractivity contribution in [1.29, 1.82) is 0 Å². The second-order valence-electron chi connectivity index (χ2n) is 6.02. The molecule has 0 saturated heterocycles. The number of fused-ring (bicyclic) bond motifs is 1. The summed E-state index contributed by atoms with van der Waals surface area (Å²) in [6.07, 6.45) is 13.5. The average molecular weight is 320 g/mol. The van der Waals surface area contributed by atoms with Gasteiger partial charge in [-0.25, -0.2) is 4.98 Å². The molecule has 2 nitrogen and oxygen atoms in total. The molecule has 1 aromatic carbocycles. The molecule has 0 atom stereocenters. The van der Waals surface area contributed by atoms with E-state index in [1.54, 1.807) is 7.11 Å². The van der Waals surface area contributed by atoms with Crippen molar-refractivity contribution >= 4 is 21.6 Å². The van der Waals surface area contributed by atoms with Crippen molar-refractivity contribution in [3.05, 3.63) is 23.2 Å². The fraction of sp³-hybridized carbons (Fsp3) is 0.632. The molecule has 0 bridgehead atoms. The van der Waals surface area contributed by atoms with Crippen LogP contribution in [0.3, 0.4) is 0 Å². The van der Waals surface area contributed by atoms with Crippen molar-refractivity contribution in [3.63, 3.8) is 0 Å². The van der Waals surface area contributed by atoms with Gasteiger partial charge in [0.25, 0.3) is 0 Å². The van der Waals surface area contributed by atoms with Gasteiger partial charge in [-0.3, -0.25) is 0 Å². The highest BCUT2D eigenvalue weighted by Gasteiger charge is 2.05. The summed E-state index contributed by atoms with van der Waals surface area (Å²) in [4.78, 5) is 4.72. The zero-order chi connectivity index (χ0) is 15.6. The third-order valence-corrected chi connectivity index (χ3v) is 5.21. The molecule has 1 aromatic heterocycles. The predicted molar refractivity (Wildman–Crippen MR) is 97.1 cm³/mol. The molecule has 3 heteroatoms. The first-order valence-corrected chi connectivity index (χ1v) is 9.58. The van der Waals surface area contributed by atoms with E-state index in [0.717, 1.165) is 17.7 Å². The summed E-state index contributed by atoms with van der Waals surface area (Å²) < 4.78 is 6.51. The molecule has 0 saturated carbocycles. The van der Waals surface area contributed by atoms with Crippen LogP contribution in [0.15, 0.2) is 18.2 Å². The quantitative estimate of drug-likeness (QED) is 0.448. The van der Waals surface area contributed by atoms with Gasteiger partial charge >= 0.3 is 0 Å². The van der Waals surface area contributed by atoms with Gasteiger partial charge in [-0.1, -0.05) is 58.3 Å². The molecule has 2 aromatic rings. The third kappa shape index (κ3) is 5.60. The number of rotatable bonds is 11. The maximum absolute atomic E-state index is 5.27. The molecule has 0 aliphatic rings. The highest BCUT2D eigenvalue weighted by Crippen LogP contribution is 2.27. The van der Waals surface area contributed by atoms with Crippen molar-refractivity contribution in [1.82, 2.24) is 4.98 Å². The summed E-state index contributed by atoms with van der Waals surface area (Å²) >= 11 is 1.81. The Labute approximate surface area is 138 Å². The van der Waals surface area contributed by atoms with E-state index in [2.05, 4.69) is 19.1 Å². The van der Waals surface area contributed by atoms with Gasteiger partial charge in [0, 0.05) is 0 Å². The Morgan fingerprint density at radius 1 is 0.955 bits per heavy atom. The molecule has 122 valence electrons. The molecule has 0 spiro atoms. The Morgan fingerprint density at radius 2 is 1.64 bits per heavy atom. The number of nitrogens with zero attached hydrogens (tertiary/aromatic N) is 1. The first-order valence-electron chi connectivity index (χ1n) is 8.77. The van der Waals surface area contributed by atoms with E-state index in [-0.39, 0.29) is 0 Å². The molecule has 0 aliphatic heterocycles. The monoisotopic (exact) mass is 319 g/mol. The summed E-state index contributed by atoms with van der Waals surface area (Å²) in [5, 5.41) is 1.27. The van der Waals surface area contributed by atoms with Crippen LogP contribution in [-0.4, -0.2) is 12.1 Å². The summed E-state index contributed by atoms with van der Waals surface area (Å²) in [5.74, 6) is 0.922. The highest BCUT2D eigenvalue weighted by atomic mass is 32.1. The number of aryl methyl sites for hydroxylation is 1. The van der Waals surface area contributed by atoms with Crippen molar-refractivity contribution in [2.24, 2.45) is 0 Å². The fourth-order valence-corrected chi connectivity index (χ4v) is 3.81. The lowest BCUT2D eigenvalue weighted by molar-refractivity contribution is 0.415. The van der Waals surface area contributed by atoms with Crippen LogP contribution < -0.4 is 4.74 Å². The van der Waals surface area contributed by atoms with Crippen LogP contribution in [0, 0.1) is 0 Å². The largest absolute Gasteiger partial charge is 0.497 e. The molecular weight excluding hydrogens is 290 g/mol. The predicted octanol–water partition coefficient (Wildman–Crippen LogP) is 6.38. The molecule has 0 aliphatic carbocycles. The van der Waals surface area contributed by atoms with E-state index < -0.39 is 0 Å². The molecule has 0 fully saturated rings. The van der Waals surface area contributed by atoms with Crippen molar-refractivity contribution in [3.8, 4) is 5.75 Å². The Bertz CT molecular complexity index is 549. The minimum atomic E-state index is 0.922. The SMILES string of the molecule is CCCCCCCCCCCc1nc2ccc(OC)cc2s1. The van der Waals surface area contributed by atoms with Gasteiger partial charge in [0.2, 0.25) is 0 Å². The van der Waals surface area contributed by atoms with E-state index in [4.69, 9.17) is 9.72 Å². The van der Waals surface area contributed by atoms with Crippen LogP contribution in [0.1, 0.15) is 69.7 Å². The van der Waals surface area contributed by atoms with E-state index in [1.807, 2.05) is 17.4 Å². The van der Waals surface area contributed by atoms with E-state index in [1.165, 1.54) is 67.5 Å². The molecule has 2 rings (SSSR count). The molecule has 0 unspecified atom stereocenters. The van der Waals surface area contributed by atoms with Crippen LogP contribution in [0.2, 0.25) is 0 Å². The molecular formula is C19H29NOS. The number of unbranched alkanes of at least 4 members (excludes halogenated alkanes) is 8. The lowest BCUT2D eigenvalue weighted by atomic mass is 10.1. The third-order valence-electron chi connectivity index (χ3n) is 4.13. The van der Waals surface area contributed by atoms with Crippen LogP contribution >= 0.6 is 11.3 Å². The molecule has 0 N–H and O–H groups in total. The number of hydrogen-bond acceptors (Lipinski definition) is 3.